The molecule has 0 spiro atoms. The lowest BCUT2D eigenvalue weighted by molar-refractivity contribution is -0.124. The lowest BCUT2D eigenvalue weighted by atomic mass is 9.88. The molecule has 1 aliphatic carbocycles. The zero-order valence-corrected chi connectivity index (χ0v) is 16.2. The maximum absolute atomic E-state index is 12.6. The number of carbonyl (C=O) groups excluding carboxylic acids is 1. The van der Waals surface area contributed by atoms with E-state index in [1.54, 1.807) is 0 Å². The largest absolute Gasteiger partial charge is 0.467 e. The van der Waals surface area contributed by atoms with E-state index in [1.807, 2.05) is 42.5 Å². The Kier molecular flexibility index (Phi) is 4.85. The highest BCUT2D eigenvalue weighted by atomic mass is 16.5. The number of aryl methyl sites for hydroxylation is 1. The van der Waals surface area contributed by atoms with Gasteiger partial charge in [0.25, 0.3) is 11.6 Å². The maximum atomic E-state index is 12.6. The molecule has 1 aliphatic rings. The number of amides is 1. The minimum Gasteiger partial charge on any atom is -0.467 e. The van der Waals surface area contributed by atoms with Crippen LogP contribution in [-0.4, -0.2) is 27.6 Å². The minimum atomic E-state index is -0.193. The lowest BCUT2D eigenvalue weighted by Crippen LogP contribution is -2.34. The molecule has 30 heavy (non-hydrogen) atoms. The molecule has 0 bridgehead atoms. The van der Waals surface area contributed by atoms with E-state index >= 15 is 0 Å². The topological polar surface area (TPSA) is 90.1 Å². The van der Waals surface area contributed by atoms with Crippen LogP contribution >= 0.6 is 0 Å². The van der Waals surface area contributed by atoms with Gasteiger partial charge in [0, 0.05) is 5.56 Å². The monoisotopic (exact) mass is 400 g/mol. The van der Waals surface area contributed by atoms with Crippen LogP contribution in [0, 0.1) is 0 Å². The third-order valence-electron chi connectivity index (χ3n) is 5.33. The van der Waals surface area contributed by atoms with E-state index in [9.17, 15) is 4.79 Å². The molecule has 7 nitrogen and oxygen atoms in total. The summed E-state index contributed by atoms with van der Waals surface area (Å²) in [6, 6.07) is 17.8. The quantitative estimate of drug-likeness (QED) is 0.547. The molecule has 150 valence electrons. The second-order valence-corrected chi connectivity index (χ2v) is 7.26. The highest BCUT2D eigenvalue weighted by Gasteiger charge is 2.22. The van der Waals surface area contributed by atoms with Gasteiger partial charge in [-0.2, -0.15) is 4.98 Å². The van der Waals surface area contributed by atoms with Gasteiger partial charge < -0.3 is 14.6 Å². The summed E-state index contributed by atoms with van der Waals surface area (Å²) in [6.07, 6.45) is 4.36. The van der Waals surface area contributed by atoms with Gasteiger partial charge in [-0.3, -0.25) is 4.79 Å². The van der Waals surface area contributed by atoms with Gasteiger partial charge >= 0.3 is 0 Å². The first-order chi connectivity index (χ1) is 14.8. The second-order valence-electron chi connectivity index (χ2n) is 7.26. The Bertz CT molecular complexity index is 1190. The van der Waals surface area contributed by atoms with Gasteiger partial charge in [0.2, 0.25) is 5.88 Å². The predicted molar refractivity (Wildman–Crippen MR) is 111 cm³/mol. The van der Waals surface area contributed by atoms with Crippen molar-refractivity contribution in [2.75, 3.05) is 6.61 Å². The number of nitrogens with zero attached hydrogens (tertiary/aromatic N) is 3. The summed E-state index contributed by atoms with van der Waals surface area (Å²) in [6.45, 7) is -0.149. The molecule has 2 heterocycles. The molecule has 0 radical (unpaired) electrons. The minimum absolute atomic E-state index is 0.00643. The number of nitrogens with one attached hydrogen (secondary N) is 1. The van der Waals surface area contributed by atoms with Crippen LogP contribution in [0.25, 0.3) is 22.4 Å². The van der Waals surface area contributed by atoms with E-state index in [1.165, 1.54) is 17.5 Å². The average Bonchev–Trinajstić information content (AvgIpc) is 3.23. The van der Waals surface area contributed by atoms with Gasteiger partial charge in [0.15, 0.2) is 6.61 Å². The van der Waals surface area contributed by atoms with Crippen LogP contribution in [0.15, 0.2) is 65.4 Å². The van der Waals surface area contributed by atoms with Gasteiger partial charge in [-0.1, -0.05) is 59.8 Å². The predicted octanol–water partition coefficient (Wildman–Crippen LogP) is 3.86. The highest BCUT2D eigenvalue weighted by molar-refractivity contribution is 5.93. The van der Waals surface area contributed by atoms with E-state index in [0.29, 0.717) is 16.8 Å². The van der Waals surface area contributed by atoms with Crippen molar-refractivity contribution in [2.45, 2.75) is 25.3 Å². The number of ether oxygens (including phenoxy) is 1. The Morgan fingerprint density at radius 2 is 1.93 bits per heavy atom. The summed E-state index contributed by atoms with van der Waals surface area (Å²) in [4.78, 5) is 20.9. The first kappa shape index (κ1) is 18.3. The fourth-order valence-corrected chi connectivity index (χ4v) is 3.94. The molecule has 1 N–H and O–H groups in total. The van der Waals surface area contributed by atoms with Crippen molar-refractivity contribution in [1.82, 2.24) is 20.4 Å². The second kappa shape index (κ2) is 7.94. The molecule has 1 unspecified atom stereocenters. The van der Waals surface area contributed by atoms with Crippen molar-refractivity contribution in [3.05, 3.63) is 72.1 Å². The summed E-state index contributed by atoms with van der Waals surface area (Å²) in [5.74, 6) is 0.0838. The summed E-state index contributed by atoms with van der Waals surface area (Å²) in [5, 5.41) is 7.76. The first-order valence-corrected chi connectivity index (χ1v) is 9.95. The van der Waals surface area contributed by atoms with Gasteiger partial charge in [0.05, 0.1) is 6.04 Å². The van der Waals surface area contributed by atoms with Crippen LogP contribution < -0.4 is 10.1 Å². The van der Waals surface area contributed by atoms with Gasteiger partial charge in [-0.25, -0.2) is 4.98 Å². The molecular weight excluding hydrogens is 380 g/mol. The van der Waals surface area contributed by atoms with Crippen LogP contribution in [0.3, 0.4) is 0 Å². The Balaban J connectivity index is 1.34. The van der Waals surface area contributed by atoms with Gasteiger partial charge in [-0.15, -0.1) is 0 Å². The van der Waals surface area contributed by atoms with Crippen molar-refractivity contribution >= 4 is 17.0 Å². The van der Waals surface area contributed by atoms with Crippen LogP contribution in [0.1, 0.15) is 30.0 Å². The van der Waals surface area contributed by atoms with Crippen LogP contribution in [0.5, 0.6) is 5.88 Å². The number of hydrogen-bond acceptors (Lipinski definition) is 6. The fourth-order valence-electron chi connectivity index (χ4n) is 3.94. The SMILES string of the molecule is O=C(COc1ncnc2onc(-c3ccccc3)c12)NC1CCCc2ccccc21. The summed E-state index contributed by atoms with van der Waals surface area (Å²) in [7, 11) is 0. The zero-order valence-electron chi connectivity index (χ0n) is 16.2. The van der Waals surface area contributed by atoms with Crippen LogP contribution in [-0.2, 0) is 11.2 Å². The number of rotatable bonds is 5. The Hall–Kier alpha value is -3.74. The highest BCUT2D eigenvalue weighted by Crippen LogP contribution is 2.32. The van der Waals surface area contributed by atoms with Crippen LogP contribution in [0.4, 0.5) is 0 Å². The number of benzene rings is 2. The third kappa shape index (κ3) is 3.50. The fraction of sp³-hybridized carbons (Fsp3) is 0.217. The Morgan fingerprint density at radius 3 is 2.83 bits per heavy atom. The lowest BCUT2D eigenvalue weighted by Gasteiger charge is -2.26. The van der Waals surface area contributed by atoms with Crippen molar-refractivity contribution < 1.29 is 14.1 Å². The molecule has 5 rings (SSSR count). The average molecular weight is 400 g/mol. The van der Waals surface area contributed by atoms with Gasteiger partial charge in [-0.05, 0) is 30.4 Å². The van der Waals surface area contributed by atoms with E-state index in [4.69, 9.17) is 9.26 Å². The van der Waals surface area contributed by atoms with E-state index < -0.39 is 0 Å². The smallest absolute Gasteiger partial charge is 0.265 e. The van der Waals surface area contributed by atoms with E-state index in [2.05, 4.69) is 32.6 Å². The molecule has 2 aromatic heterocycles. The number of carbonyl (C=O) groups is 1. The van der Waals surface area contributed by atoms with Crippen LogP contribution in [0.2, 0.25) is 0 Å². The first-order valence-electron chi connectivity index (χ1n) is 9.95. The van der Waals surface area contributed by atoms with Crippen molar-refractivity contribution in [3.63, 3.8) is 0 Å². The third-order valence-corrected chi connectivity index (χ3v) is 5.33. The Labute approximate surface area is 173 Å². The maximum Gasteiger partial charge on any atom is 0.265 e. The molecular formula is C23H20N4O3. The van der Waals surface area contributed by atoms with Crippen molar-refractivity contribution in [2.24, 2.45) is 0 Å². The number of hydrogen-bond donors (Lipinski definition) is 1. The summed E-state index contributed by atoms with van der Waals surface area (Å²) < 4.78 is 11.1. The summed E-state index contributed by atoms with van der Waals surface area (Å²) in [5.41, 5.74) is 4.25. The number of fused-ring (bicyclic) bond motifs is 2. The summed E-state index contributed by atoms with van der Waals surface area (Å²) >= 11 is 0. The van der Waals surface area contributed by atoms with Crippen molar-refractivity contribution in [3.8, 4) is 17.1 Å². The molecule has 4 aromatic rings. The van der Waals surface area contributed by atoms with Gasteiger partial charge in [0.1, 0.15) is 17.4 Å². The van der Waals surface area contributed by atoms with E-state index in [0.717, 1.165) is 24.8 Å². The molecule has 1 atom stereocenters. The standard InChI is InChI=1S/C23H20N4O3/c28-19(26-18-12-6-10-15-7-4-5-11-17(15)18)13-29-22-20-21(16-8-2-1-3-9-16)27-30-23(20)25-14-24-22/h1-5,7-9,11,14,18H,6,10,12-13H2,(H,26,28). The molecule has 7 heteroatoms. The van der Waals surface area contributed by atoms with E-state index in [-0.39, 0.29) is 24.4 Å². The molecule has 1 amide bonds. The zero-order chi connectivity index (χ0) is 20.3. The molecule has 0 fully saturated rings. The Morgan fingerprint density at radius 1 is 1.10 bits per heavy atom. The normalized spacial score (nSPS) is 15.5. The molecule has 0 aliphatic heterocycles. The number of aromatic nitrogens is 3. The molecule has 0 saturated carbocycles. The molecule has 0 saturated heterocycles. The molecule has 2 aromatic carbocycles. The van der Waals surface area contributed by atoms with Crippen molar-refractivity contribution in [1.29, 1.82) is 0 Å².